The largest absolute Gasteiger partial charge is 0.394 e. The van der Waals surface area contributed by atoms with Crippen LogP contribution in [0.3, 0.4) is 0 Å². The minimum absolute atomic E-state index is 0.248. The molecule has 2 saturated heterocycles. The molecule has 0 bridgehead atoms. The van der Waals surface area contributed by atoms with E-state index < -0.39 is 61.2 Å². The number of methoxy groups -OCH3 is 1. The highest BCUT2D eigenvalue weighted by molar-refractivity contribution is 5.22. The minimum Gasteiger partial charge on any atom is -0.394 e. The molecule has 6 aromatic carbocycles. The number of benzene rings is 6. The lowest BCUT2D eigenvalue weighted by Gasteiger charge is -2.45. The quantitative estimate of drug-likeness (QED) is 0.0750. The van der Waals surface area contributed by atoms with Crippen LogP contribution in [-0.2, 0) is 82.3 Å². The SMILES string of the molecule is CO[C@H]1O[C@H](C#C[C@H]2O[C@H](CO)[C@H](OCc3ccccc3)[C@H](OCc3ccccc3)[C@H]2OCc2ccccc2)[C@@H](OCc2ccccc2)[C@H](OCc2ccccc2)[C@H]1OCc1ccccc1. The Hall–Kier alpha value is -5.52. The molecule has 66 heavy (non-hydrogen) atoms. The van der Waals surface area contributed by atoms with Crippen molar-refractivity contribution < 1.29 is 47.7 Å². The molecule has 0 radical (unpaired) electrons. The molecule has 2 fully saturated rings. The van der Waals surface area contributed by atoms with Gasteiger partial charge in [0.1, 0.15) is 54.9 Å². The molecule has 0 unspecified atom stereocenters. The summed E-state index contributed by atoms with van der Waals surface area (Å²) in [5.74, 6) is 6.81. The summed E-state index contributed by atoms with van der Waals surface area (Å²) < 4.78 is 60.1. The van der Waals surface area contributed by atoms with Crippen LogP contribution in [0.5, 0.6) is 0 Å². The van der Waals surface area contributed by atoms with Crippen molar-refractivity contribution in [1.82, 2.24) is 0 Å². The Labute approximate surface area is 388 Å². The number of aliphatic hydroxyl groups is 1. The molecule has 342 valence electrons. The lowest BCUT2D eigenvalue weighted by atomic mass is 9.93. The number of rotatable bonds is 20. The van der Waals surface area contributed by atoms with Crippen LogP contribution in [0.1, 0.15) is 33.4 Å². The third kappa shape index (κ3) is 13.1. The maximum absolute atomic E-state index is 11.0. The molecule has 0 aromatic heterocycles. The van der Waals surface area contributed by atoms with E-state index in [4.69, 9.17) is 42.6 Å². The van der Waals surface area contributed by atoms with Crippen LogP contribution < -0.4 is 0 Å². The van der Waals surface area contributed by atoms with Gasteiger partial charge in [-0.25, -0.2) is 0 Å². The molecule has 1 N–H and O–H groups in total. The zero-order valence-electron chi connectivity index (χ0n) is 37.2. The summed E-state index contributed by atoms with van der Waals surface area (Å²) in [7, 11) is 1.58. The van der Waals surface area contributed by atoms with Crippen molar-refractivity contribution in [1.29, 1.82) is 0 Å². The first kappa shape index (κ1) is 47.0. The number of aliphatic hydroxyl groups excluding tert-OH is 1. The van der Waals surface area contributed by atoms with Gasteiger partial charge in [0, 0.05) is 7.11 Å². The van der Waals surface area contributed by atoms with Gasteiger partial charge in [-0.3, -0.25) is 0 Å². The van der Waals surface area contributed by atoms with Gasteiger partial charge in [0.2, 0.25) is 0 Å². The second-order valence-corrected chi connectivity index (χ2v) is 16.3. The molecule has 8 rings (SSSR count). The molecular weight excluding hydrogens is 833 g/mol. The fraction of sp³-hybridized carbons (Fsp3) is 0.321. The molecule has 10 atom stereocenters. The molecule has 0 spiro atoms. The van der Waals surface area contributed by atoms with Crippen molar-refractivity contribution in [3.8, 4) is 11.8 Å². The predicted octanol–water partition coefficient (Wildman–Crippen LogP) is 8.63. The predicted molar refractivity (Wildman–Crippen MR) is 249 cm³/mol. The molecule has 0 saturated carbocycles. The average Bonchev–Trinajstić information content (AvgIpc) is 3.38. The molecule has 0 amide bonds. The van der Waals surface area contributed by atoms with E-state index in [1.165, 1.54) is 0 Å². The summed E-state index contributed by atoms with van der Waals surface area (Å²) in [6.07, 6.45) is -7.87. The van der Waals surface area contributed by atoms with Crippen molar-refractivity contribution in [3.63, 3.8) is 0 Å². The zero-order valence-corrected chi connectivity index (χ0v) is 37.2. The topological polar surface area (TPSA) is 103 Å². The number of ether oxygens (including phenoxy) is 9. The Balaban J connectivity index is 1.15. The van der Waals surface area contributed by atoms with E-state index in [-0.39, 0.29) is 39.6 Å². The van der Waals surface area contributed by atoms with Crippen molar-refractivity contribution in [2.24, 2.45) is 0 Å². The van der Waals surface area contributed by atoms with Gasteiger partial charge in [0.15, 0.2) is 6.29 Å². The monoisotopic (exact) mass is 890 g/mol. The lowest BCUT2D eigenvalue weighted by molar-refractivity contribution is -0.307. The Bertz CT molecular complexity index is 2170. The van der Waals surface area contributed by atoms with Crippen LogP contribution in [0.25, 0.3) is 0 Å². The van der Waals surface area contributed by atoms with Gasteiger partial charge < -0.3 is 47.7 Å². The van der Waals surface area contributed by atoms with Crippen molar-refractivity contribution in [3.05, 3.63) is 215 Å². The average molecular weight is 891 g/mol. The van der Waals surface area contributed by atoms with E-state index in [2.05, 4.69) is 11.8 Å². The molecule has 2 aliphatic rings. The summed E-state index contributed by atoms with van der Waals surface area (Å²) in [5.41, 5.74) is 5.85. The van der Waals surface area contributed by atoms with Crippen LogP contribution in [0.4, 0.5) is 0 Å². The van der Waals surface area contributed by atoms with Crippen molar-refractivity contribution >= 4 is 0 Å². The van der Waals surface area contributed by atoms with Crippen LogP contribution in [0.2, 0.25) is 0 Å². The second kappa shape index (κ2) is 24.8. The molecule has 0 aliphatic carbocycles. The molecule has 6 aromatic rings. The first-order chi connectivity index (χ1) is 32.6. The third-order valence-corrected chi connectivity index (χ3v) is 11.6. The molecule has 2 aliphatic heterocycles. The van der Waals surface area contributed by atoms with Crippen LogP contribution in [0, 0.1) is 11.8 Å². The normalized spacial score (nSPS) is 25.1. The van der Waals surface area contributed by atoms with Gasteiger partial charge in [-0.05, 0) is 33.4 Å². The van der Waals surface area contributed by atoms with Gasteiger partial charge in [0.25, 0.3) is 0 Å². The highest BCUT2D eigenvalue weighted by Gasteiger charge is 2.50. The Morgan fingerprint density at radius 2 is 0.636 bits per heavy atom. The molecular formula is C56H58O10. The van der Waals surface area contributed by atoms with E-state index >= 15 is 0 Å². The summed E-state index contributed by atoms with van der Waals surface area (Å²) >= 11 is 0. The van der Waals surface area contributed by atoms with E-state index in [1.807, 2.05) is 182 Å². The Morgan fingerprint density at radius 3 is 0.955 bits per heavy atom. The van der Waals surface area contributed by atoms with Crippen LogP contribution >= 0.6 is 0 Å². The van der Waals surface area contributed by atoms with E-state index in [1.54, 1.807) is 7.11 Å². The summed E-state index contributed by atoms with van der Waals surface area (Å²) in [5, 5.41) is 11.0. The summed E-state index contributed by atoms with van der Waals surface area (Å²) in [6, 6.07) is 59.6. The lowest BCUT2D eigenvalue weighted by Crippen LogP contribution is -2.61. The van der Waals surface area contributed by atoms with Crippen LogP contribution in [-0.4, -0.2) is 80.0 Å². The van der Waals surface area contributed by atoms with Crippen molar-refractivity contribution in [2.75, 3.05) is 13.7 Å². The maximum Gasteiger partial charge on any atom is 0.187 e. The Morgan fingerprint density at radius 1 is 0.364 bits per heavy atom. The minimum atomic E-state index is -0.904. The summed E-state index contributed by atoms with van der Waals surface area (Å²) in [6.45, 7) is 1.26. The van der Waals surface area contributed by atoms with Gasteiger partial charge in [-0.1, -0.05) is 194 Å². The number of hydrogen-bond acceptors (Lipinski definition) is 10. The van der Waals surface area contributed by atoms with E-state index in [9.17, 15) is 5.11 Å². The number of hydrogen-bond donors (Lipinski definition) is 1. The van der Waals surface area contributed by atoms with E-state index in [0.717, 1.165) is 33.4 Å². The third-order valence-electron chi connectivity index (χ3n) is 11.6. The smallest absolute Gasteiger partial charge is 0.187 e. The fourth-order valence-electron chi connectivity index (χ4n) is 8.18. The molecule has 10 nitrogen and oxygen atoms in total. The standard InChI is InChI=1S/C56H58O10/c1-58-56-55(64-40-46-30-18-7-19-31-46)54(63-39-45-28-16-6-17-29-45)51(60-36-42-22-10-3-11-23-42)48(66-56)33-32-47-50(59-35-41-20-8-2-9-21-41)53(62-38-44-26-14-5-15-27-44)52(49(34-57)65-47)61-37-43-24-12-4-13-25-43/h2-31,47-57H,34-40H2,1H3/t47-,48-,49-,50+,51-,52+,53-,54+,55-,56+/m1/s1. The van der Waals surface area contributed by atoms with Gasteiger partial charge in [-0.15, -0.1) is 0 Å². The van der Waals surface area contributed by atoms with Gasteiger partial charge in [-0.2, -0.15) is 0 Å². The van der Waals surface area contributed by atoms with Gasteiger partial charge >= 0.3 is 0 Å². The summed E-state index contributed by atoms with van der Waals surface area (Å²) in [4.78, 5) is 0. The molecule has 2 heterocycles. The van der Waals surface area contributed by atoms with Crippen molar-refractivity contribution in [2.45, 2.75) is 101 Å². The van der Waals surface area contributed by atoms with Gasteiger partial charge in [0.05, 0.1) is 46.2 Å². The highest BCUT2D eigenvalue weighted by Crippen LogP contribution is 2.33. The first-order valence-corrected chi connectivity index (χ1v) is 22.5. The zero-order chi connectivity index (χ0) is 45.2. The maximum atomic E-state index is 11.0. The second-order valence-electron chi connectivity index (χ2n) is 16.3. The first-order valence-electron chi connectivity index (χ1n) is 22.5. The highest BCUT2D eigenvalue weighted by atomic mass is 16.7. The Kier molecular flexibility index (Phi) is 17.7. The van der Waals surface area contributed by atoms with Crippen LogP contribution in [0.15, 0.2) is 182 Å². The van der Waals surface area contributed by atoms with E-state index in [0.29, 0.717) is 6.61 Å². The molecule has 10 heteroatoms. The fourth-order valence-corrected chi connectivity index (χ4v) is 8.18.